The van der Waals surface area contributed by atoms with Crippen LogP contribution in [-0.4, -0.2) is 50.3 Å². The van der Waals surface area contributed by atoms with E-state index in [4.69, 9.17) is 0 Å². The second-order valence-electron chi connectivity index (χ2n) is 8.81. The molecule has 1 aromatic heterocycles. The van der Waals surface area contributed by atoms with Crippen LogP contribution in [0.5, 0.6) is 0 Å². The van der Waals surface area contributed by atoms with Crippen molar-refractivity contribution in [1.29, 1.82) is 0 Å². The van der Waals surface area contributed by atoms with Crippen molar-refractivity contribution in [2.45, 2.75) is 23.7 Å². The monoisotopic (exact) mass is 548 g/mol. The Balaban J connectivity index is 1.53. The number of anilines is 1. The van der Waals surface area contributed by atoms with Crippen molar-refractivity contribution in [3.05, 3.63) is 89.8 Å². The third-order valence-corrected chi connectivity index (χ3v) is 7.77. The van der Waals surface area contributed by atoms with E-state index in [2.05, 4.69) is 10.3 Å². The highest BCUT2D eigenvalue weighted by atomic mass is 32.2. The van der Waals surface area contributed by atoms with Gasteiger partial charge in [-0.1, -0.05) is 24.3 Å². The molecule has 1 N–H and O–H groups in total. The molecule has 1 aliphatic rings. The van der Waals surface area contributed by atoms with Crippen molar-refractivity contribution < 1.29 is 30.8 Å². The van der Waals surface area contributed by atoms with Crippen molar-refractivity contribution in [2.75, 3.05) is 25.5 Å². The molecular formula is C26H24F4N4O3S. The van der Waals surface area contributed by atoms with Crippen LogP contribution in [0.3, 0.4) is 0 Å². The molecule has 0 saturated heterocycles. The summed E-state index contributed by atoms with van der Waals surface area (Å²) >= 11 is 0. The van der Waals surface area contributed by atoms with Gasteiger partial charge in [-0.15, -0.1) is 0 Å². The molecule has 1 atom stereocenters. The summed E-state index contributed by atoms with van der Waals surface area (Å²) in [5, 5.41) is 2.73. The van der Waals surface area contributed by atoms with E-state index in [0.29, 0.717) is 22.6 Å². The first-order chi connectivity index (χ1) is 17.9. The van der Waals surface area contributed by atoms with Crippen molar-refractivity contribution in [3.63, 3.8) is 0 Å². The molecule has 38 heavy (non-hydrogen) atoms. The number of carbonyl (C=O) groups excluding carboxylic acids is 1. The van der Waals surface area contributed by atoms with Gasteiger partial charge in [-0.3, -0.25) is 4.79 Å². The van der Waals surface area contributed by atoms with Crippen molar-refractivity contribution in [2.24, 2.45) is 0 Å². The molecule has 0 fully saturated rings. The van der Waals surface area contributed by atoms with E-state index in [0.717, 1.165) is 40.7 Å². The lowest BCUT2D eigenvalue weighted by Crippen LogP contribution is -2.45. The van der Waals surface area contributed by atoms with Crippen LogP contribution in [0.4, 0.5) is 23.4 Å². The van der Waals surface area contributed by atoms with Gasteiger partial charge < -0.3 is 10.2 Å². The average molecular weight is 549 g/mol. The number of amides is 1. The van der Waals surface area contributed by atoms with Crippen LogP contribution in [0.25, 0.3) is 11.3 Å². The zero-order chi connectivity index (χ0) is 27.7. The summed E-state index contributed by atoms with van der Waals surface area (Å²) in [6.45, 7) is 0.000500. The lowest BCUT2D eigenvalue weighted by atomic mass is 10.1. The summed E-state index contributed by atoms with van der Waals surface area (Å²) in [5.41, 5.74) is 0.712. The number of aromatic nitrogens is 1. The number of alkyl halides is 3. The number of benzene rings is 2. The second kappa shape index (κ2) is 10.5. The van der Waals surface area contributed by atoms with E-state index >= 15 is 0 Å². The van der Waals surface area contributed by atoms with Crippen LogP contribution in [0.15, 0.2) is 77.7 Å². The lowest BCUT2D eigenvalue weighted by molar-refractivity contribution is -0.137. The van der Waals surface area contributed by atoms with Gasteiger partial charge in [0.2, 0.25) is 15.9 Å². The first-order valence-electron chi connectivity index (χ1n) is 11.4. The Kier molecular flexibility index (Phi) is 7.56. The van der Waals surface area contributed by atoms with Gasteiger partial charge in [-0.05, 0) is 54.1 Å². The van der Waals surface area contributed by atoms with Crippen LogP contribution in [-0.2, 0) is 27.5 Å². The number of hydrogen-bond donors (Lipinski definition) is 1. The molecule has 0 bridgehead atoms. The molecule has 1 aliphatic heterocycles. The van der Waals surface area contributed by atoms with E-state index < -0.39 is 39.5 Å². The number of pyridine rings is 1. The average Bonchev–Trinajstić information content (AvgIpc) is 3.38. The van der Waals surface area contributed by atoms with Gasteiger partial charge in [-0.2, -0.15) is 17.5 Å². The van der Waals surface area contributed by atoms with Gasteiger partial charge in [0.05, 0.1) is 16.2 Å². The summed E-state index contributed by atoms with van der Waals surface area (Å²) in [6.07, 6.45) is -1.42. The number of hydrogen-bond acceptors (Lipinski definition) is 5. The van der Waals surface area contributed by atoms with Crippen LogP contribution in [0.1, 0.15) is 11.1 Å². The molecule has 1 amide bonds. The van der Waals surface area contributed by atoms with E-state index in [9.17, 15) is 30.8 Å². The maximum Gasteiger partial charge on any atom is 0.416 e. The Bertz CT molecular complexity index is 1460. The minimum atomic E-state index is -4.46. The molecule has 7 nitrogen and oxygen atoms in total. The quantitative estimate of drug-likeness (QED) is 0.353. The number of nitrogens with zero attached hydrogens (tertiary/aromatic N) is 3. The lowest BCUT2D eigenvalue weighted by Gasteiger charge is -2.23. The first kappa shape index (κ1) is 27.3. The molecule has 0 radical (unpaired) electrons. The first-order valence-corrected chi connectivity index (χ1v) is 12.9. The Morgan fingerprint density at radius 3 is 2.34 bits per heavy atom. The van der Waals surface area contributed by atoms with Crippen LogP contribution >= 0.6 is 0 Å². The minimum Gasteiger partial charge on any atom is -0.363 e. The summed E-state index contributed by atoms with van der Waals surface area (Å²) in [4.78, 5) is 19.1. The van der Waals surface area contributed by atoms with Crippen molar-refractivity contribution in [1.82, 2.24) is 14.6 Å². The van der Waals surface area contributed by atoms with E-state index in [1.54, 1.807) is 37.2 Å². The third kappa shape index (κ3) is 5.86. The van der Waals surface area contributed by atoms with Gasteiger partial charge in [-0.25, -0.2) is 17.8 Å². The second-order valence-corrected chi connectivity index (χ2v) is 10.7. The largest absolute Gasteiger partial charge is 0.416 e. The fraction of sp³-hybridized carbons (Fsp3) is 0.231. The molecule has 4 rings (SSSR count). The van der Waals surface area contributed by atoms with Crippen molar-refractivity contribution >= 4 is 21.7 Å². The highest BCUT2D eigenvalue weighted by molar-refractivity contribution is 7.89. The predicted octanol–water partition coefficient (Wildman–Crippen LogP) is 4.22. The zero-order valence-electron chi connectivity index (χ0n) is 20.4. The summed E-state index contributed by atoms with van der Waals surface area (Å²) < 4.78 is 79.2. The number of nitrogens with one attached hydrogen (secondary N) is 1. The van der Waals surface area contributed by atoms with Gasteiger partial charge >= 0.3 is 6.18 Å². The molecule has 0 saturated carbocycles. The van der Waals surface area contributed by atoms with Gasteiger partial charge in [0.15, 0.2) is 0 Å². The molecule has 12 heteroatoms. The van der Waals surface area contributed by atoms with E-state index in [-0.39, 0.29) is 18.0 Å². The SMILES string of the molecule is CN(C)c1cc(CNC(=O)C2C=CCN2S(=O)(=O)c2ccc(F)cc2)cc(-c2ccc(C(F)(F)F)cc2)n1. The number of halogens is 4. The Labute approximate surface area is 217 Å². The van der Waals surface area contributed by atoms with Crippen molar-refractivity contribution in [3.8, 4) is 11.3 Å². The highest BCUT2D eigenvalue weighted by Crippen LogP contribution is 2.31. The van der Waals surface area contributed by atoms with Gasteiger partial charge in [0, 0.05) is 32.7 Å². The molecule has 200 valence electrons. The molecule has 1 unspecified atom stereocenters. The van der Waals surface area contributed by atoms with Crippen LogP contribution in [0.2, 0.25) is 0 Å². The number of sulfonamides is 1. The smallest absolute Gasteiger partial charge is 0.363 e. The van der Waals surface area contributed by atoms with Crippen LogP contribution < -0.4 is 10.2 Å². The maximum absolute atomic E-state index is 13.3. The maximum atomic E-state index is 13.3. The fourth-order valence-electron chi connectivity index (χ4n) is 3.88. The van der Waals surface area contributed by atoms with Gasteiger partial charge in [0.25, 0.3) is 0 Å². The standard InChI is InChI=1S/C26H24F4N4O3S/c1-33(2)24-15-17(14-22(32-24)18-5-7-19(8-6-18)26(28,29)30)16-31-25(35)23-4-3-13-34(23)38(36,37)21-11-9-20(27)10-12-21/h3-12,14-15,23H,13,16H2,1-2H3,(H,31,35). The summed E-state index contributed by atoms with van der Waals surface area (Å²) in [6, 6.07) is 11.2. The highest BCUT2D eigenvalue weighted by Gasteiger charge is 2.36. The third-order valence-electron chi connectivity index (χ3n) is 5.91. The topological polar surface area (TPSA) is 82.6 Å². The molecular weight excluding hydrogens is 524 g/mol. The molecule has 2 aromatic carbocycles. The fourth-order valence-corrected chi connectivity index (χ4v) is 5.38. The number of carbonyl (C=O) groups is 1. The van der Waals surface area contributed by atoms with E-state index in [1.807, 2.05) is 0 Å². The Hall–Kier alpha value is -3.77. The summed E-state index contributed by atoms with van der Waals surface area (Å²) in [7, 11) is -0.555. The molecule has 0 spiro atoms. The minimum absolute atomic E-state index is 0.0180. The van der Waals surface area contributed by atoms with Crippen LogP contribution in [0, 0.1) is 5.82 Å². The Morgan fingerprint density at radius 1 is 1.08 bits per heavy atom. The number of rotatable bonds is 7. The summed E-state index contributed by atoms with van der Waals surface area (Å²) in [5.74, 6) is -0.625. The van der Waals surface area contributed by atoms with Gasteiger partial charge in [0.1, 0.15) is 17.7 Å². The molecule has 2 heterocycles. The predicted molar refractivity (Wildman–Crippen MR) is 134 cm³/mol. The normalized spacial score (nSPS) is 16.0. The Morgan fingerprint density at radius 2 is 1.74 bits per heavy atom. The molecule has 0 aliphatic carbocycles. The van der Waals surface area contributed by atoms with E-state index in [1.165, 1.54) is 18.2 Å². The zero-order valence-corrected chi connectivity index (χ0v) is 21.2. The molecule has 3 aromatic rings.